The molecule has 0 N–H and O–H groups in total. The van der Waals surface area contributed by atoms with Crippen molar-refractivity contribution in [3.63, 3.8) is 0 Å². The summed E-state index contributed by atoms with van der Waals surface area (Å²) in [4.78, 5) is 3.95. The quantitative estimate of drug-likeness (QED) is 0.712. The van der Waals surface area contributed by atoms with E-state index in [1.54, 1.807) is 18.5 Å². The Kier molecular flexibility index (Phi) is 4.15. The second-order valence-electron chi connectivity index (χ2n) is 2.90. The minimum absolute atomic E-state index is 0.516. The van der Waals surface area contributed by atoms with Crippen LogP contribution in [0.25, 0.3) is 5.03 Å². The molecular weight excluding hydrogens is 196 g/mol. The van der Waals surface area contributed by atoms with Crippen molar-refractivity contribution in [2.45, 2.75) is 19.8 Å². The highest BCUT2D eigenvalue weighted by Gasteiger charge is 2.05. The van der Waals surface area contributed by atoms with Crippen LogP contribution in [0.4, 0.5) is 0 Å². The molecule has 3 heteroatoms. The summed E-state index contributed by atoms with van der Waals surface area (Å²) in [5.41, 5.74) is 1.43. The molecule has 1 rings (SSSR count). The lowest BCUT2D eigenvalue weighted by atomic mass is 10.1. The maximum atomic E-state index is 8.88. The molecule has 0 radical (unpaired) electrons. The van der Waals surface area contributed by atoms with E-state index >= 15 is 0 Å². The summed E-state index contributed by atoms with van der Waals surface area (Å²) in [6, 6.07) is 5.77. The molecule has 14 heavy (non-hydrogen) atoms. The molecule has 0 bridgehead atoms. The van der Waals surface area contributed by atoms with Gasteiger partial charge in [-0.2, -0.15) is 5.26 Å². The Hall–Kier alpha value is -1.33. The van der Waals surface area contributed by atoms with Crippen molar-refractivity contribution < 1.29 is 0 Å². The van der Waals surface area contributed by atoms with Crippen molar-refractivity contribution in [1.82, 2.24) is 4.98 Å². The van der Waals surface area contributed by atoms with Gasteiger partial charge in [-0.25, -0.2) is 0 Å². The van der Waals surface area contributed by atoms with Crippen LogP contribution >= 0.6 is 11.6 Å². The van der Waals surface area contributed by atoms with Gasteiger partial charge in [0.2, 0.25) is 0 Å². The maximum absolute atomic E-state index is 8.88. The third-order valence-electron chi connectivity index (χ3n) is 1.81. The zero-order valence-electron chi connectivity index (χ0n) is 8.00. The van der Waals surface area contributed by atoms with Crippen LogP contribution in [0.2, 0.25) is 0 Å². The Morgan fingerprint density at radius 2 is 2.43 bits per heavy atom. The van der Waals surface area contributed by atoms with Crippen LogP contribution in [0.5, 0.6) is 0 Å². The summed E-state index contributed by atoms with van der Waals surface area (Å²) in [7, 11) is 0. The van der Waals surface area contributed by atoms with Crippen LogP contribution in [0.15, 0.2) is 30.1 Å². The van der Waals surface area contributed by atoms with Gasteiger partial charge in [0.15, 0.2) is 0 Å². The number of nitriles is 1. The van der Waals surface area contributed by atoms with Gasteiger partial charge in [-0.1, -0.05) is 31.0 Å². The average Bonchev–Trinajstić information content (AvgIpc) is 2.26. The highest BCUT2D eigenvalue weighted by Crippen LogP contribution is 2.24. The molecule has 72 valence electrons. The molecular formula is C11H11ClN2. The van der Waals surface area contributed by atoms with Crippen molar-refractivity contribution in [2.75, 3.05) is 0 Å². The number of aromatic nitrogens is 1. The number of allylic oxidation sites excluding steroid dienone is 1. The van der Waals surface area contributed by atoms with Crippen LogP contribution < -0.4 is 0 Å². The Bertz CT molecular complexity index is 363. The van der Waals surface area contributed by atoms with E-state index in [9.17, 15) is 0 Å². The molecule has 0 amide bonds. The summed E-state index contributed by atoms with van der Waals surface area (Å²) in [5.74, 6) is 0. The molecule has 0 saturated heterocycles. The molecule has 0 aliphatic carbocycles. The van der Waals surface area contributed by atoms with E-state index in [2.05, 4.69) is 11.1 Å². The largest absolute Gasteiger partial charge is 0.264 e. The molecule has 0 aromatic carbocycles. The lowest BCUT2D eigenvalue weighted by Gasteiger charge is -2.01. The molecule has 0 atom stereocenters. The zero-order chi connectivity index (χ0) is 10.4. The van der Waals surface area contributed by atoms with Crippen LogP contribution in [0.3, 0.4) is 0 Å². The van der Waals surface area contributed by atoms with Gasteiger partial charge in [-0.05, 0) is 12.5 Å². The van der Waals surface area contributed by atoms with Crippen molar-refractivity contribution in [2.24, 2.45) is 0 Å². The second kappa shape index (κ2) is 5.41. The first-order valence-corrected chi connectivity index (χ1v) is 4.86. The molecule has 0 spiro atoms. The first-order chi connectivity index (χ1) is 6.79. The summed E-state index contributed by atoms with van der Waals surface area (Å²) in [6.07, 6.45) is 4.97. The third-order valence-corrected chi connectivity index (χ3v) is 2.26. The van der Waals surface area contributed by atoms with Gasteiger partial charge in [0, 0.05) is 23.5 Å². The third kappa shape index (κ3) is 2.58. The number of rotatable bonds is 3. The molecule has 0 fully saturated rings. The highest BCUT2D eigenvalue weighted by molar-refractivity contribution is 6.49. The molecule has 1 heterocycles. The number of nitrogens with zero attached hydrogens (tertiary/aromatic N) is 2. The number of pyridine rings is 1. The first-order valence-electron chi connectivity index (χ1n) is 4.48. The Morgan fingerprint density at radius 3 is 2.93 bits per heavy atom. The topological polar surface area (TPSA) is 36.7 Å². The first kappa shape index (κ1) is 10.7. The predicted octanol–water partition coefficient (Wildman–Crippen LogP) is 3.36. The van der Waals surface area contributed by atoms with Crippen molar-refractivity contribution in [3.05, 3.63) is 35.7 Å². The van der Waals surface area contributed by atoms with Gasteiger partial charge in [0.25, 0.3) is 0 Å². The van der Waals surface area contributed by atoms with E-state index in [0.717, 1.165) is 12.0 Å². The van der Waals surface area contributed by atoms with Crippen molar-refractivity contribution >= 4 is 16.6 Å². The fourth-order valence-corrected chi connectivity index (χ4v) is 1.38. The molecule has 0 saturated carbocycles. The minimum Gasteiger partial charge on any atom is -0.264 e. The van der Waals surface area contributed by atoms with Gasteiger partial charge >= 0.3 is 0 Å². The van der Waals surface area contributed by atoms with Gasteiger partial charge in [0.05, 0.1) is 11.1 Å². The highest BCUT2D eigenvalue weighted by atomic mass is 35.5. The summed E-state index contributed by atoms with van der Waals surface area (Å²) < 4.78 is 0. The SMILES string of the molecule is CCCC(C#N)=C(Cl)c1cccnc1. The van der Waals surface area contributed by atoms with E-state index in [-0.39, 0.29) is 0 Å². The Labute approximate surface area is 88.8 Å². The fourth-order valence-electron chi connectivity index (χ4n) is 1.13. The Balaban J connectivity index is 3.03. The second-order valence-corrected chi connectivity index (χ2v) is 3.27. The zero-order valence-corrected chi connectivity index (χ0v) is 8.75. The summed E-state index contributed by atoms with van der Waals surface area (Å²) in [6.45, 7) is 2.02. The predicted molar refractivity (Wildman–Crippen MR) is 57.5 cm³/mol. The van der Waals surface area contributed by atoms with E-state index in [0.29, 0.717) is 17.0 Å². The molecule has 0 aliphatic rings. The molecule has 2 nitrogen and oxygen atoms in total. The van der Waals surface area contributed by atoms with Crippen LogP contribution in [0.1, 0.15) is 25.3 Å². The summed E-state index contributed by atoms with van der Waals surface area (Å²) in [5, 5.41) is 9.39. The number of hydrogen-bond acceptors (Lipinski definition) is 2. The van der Waals surface area contributed by atoms with Crippen LogP contribution in [0, 0.1) is 11.3 Å². The Morgan fingerprint density at radius 1 is 1.64 bits per heavy atom. The lowest BCUT2D eigenvalue weighted by Crippen LogP contribution is -1.85. The maximum Gasteiger partial charge on any atom is 0.0962 e. The normalized spacial score (nSPS) is 11.8. The van der Waals surface area contributed by atoms with Gasteiger partial charge in [-0.15, -0.1) is 0 Å². The van der Waals surface area contributed by atoms with E-state index in [4.69, 9.17) is 16.9 Å². The summed E-state index contributed by atoms with van der Waals surface area (Å²) >= 11 is 6.07. The van der Waals surface area contributed by atoms with E-state index < -0.39 is 0 Å². The monoisotopic (exact) mass is 206 g/mol. The van der Waals surface area contributed by atoms with Gasteiger partial charge in [-0.3, -0.25) is 4.98 Å². The van der Waals surface area contributed by atoms with Crippen LogP contribution in [-0.4, -0.2) is 4.98 Å². The fraction of sp³-hybridized carbons (Fsp3) is 0.273. The van der Waals surface area contributed by atoms with Crippen LogP contribution in [-0.2, 0) is 0 Å². The molecule has 0 unspecified atom stereocenters. The van der Waals surface area contributed by atoms with Crippen molar-refractivity contribution in [3.8, 4) is 6.07 Å². The minimum atomic E-state index is 0.516. The van der Waals surface area contributed by atoms with Gasteiger partial charge < -0.3 is 0 Å². The average molecular weight is 207 g/mol. The smallest absolute Gasteiger partial charge is 0.0962 e. The van der Waals surface area contributed by atoms with Crippen molar-refractivity contribution in [1.29, 1.82) is 5.26 Å². The molecule has 1 aromatic heterocycles. The number of hydrogen-bond donors (Lipinski definition) is 0. The van der Waals surface area contributed by atoms with Gasteiger partial charge in [0.1, 0.15) is 0 Å². The van der Waals surface area contributed by atoms with E-state index in [1.165, 1.54) is 0 Å². The standard InChI is InChI=1S/C11H11ClN2/c1-2-4-9(7-13)11(12)10-5-3-6-14-8-10/h3,5-6,8H,2,4H2,1H3. The molecule has 1 aromatic rings. The lowest BCUT2D eigenvalue weighted by molar-refractivity contribution is 0.933. The van der Waals surface area contributed by atoms with E-state index in [1.807, 2.05) is 13.0 Å². The number of halogens is 1. The molecule has 0 aliphatic heterocycles.